The quantitative estimate of drug-likeness (QED) is 0.860. The van der Waals surface area contributed by atoms with Crippen LogP contribution in [0.5, 0.6) is 0 Å². The second-order valence-corrected chi connectivity index (χ2v) is 5.46. The van der Waals surface area contributed by atoms with Gasteiger partial charge in [-0.05, 0) is 37.3 Å². The molecule has 1 saturated heterocycles. The van der Waals surface area contributed by atoms with Crippen molar-refractivity contribution in [3.05, 3.63) is 35.4 Å². The van der Waals surface area contributed by atoms with Crippen molar-refractivity contribution >= 4 is 5.91 Å². The summed E-state index contributed by atoms with van der Waals surface area (Å²) in [6.07, 6.45) is 3.49. The lowest BCUT2D eigenvalue weighted by Crippen LogP contribution is -2.46. The van der Waals surface area contributed by atoms with Crippen LogP contribution in [0.15, 0.2) is 24.3 Å². The van der Waals surface area contributed by atoms with Gasteiger partial charge >= 0.3 is 0 Å². The van der Waals surface area contributed by atoms with E-state index in [1.165, 1.54) is 6.42 Å². The van der Waals surface area contributed by atoms with E-state index in [-0.39, 0.29) is 18.6 Å². The molecule has 1 atom stereocenters. The Balaban J connectivity index is 1.81. The van der Waals surface area contributed by atoms with Crippen molar-refractivity contribution in [2.45, 2.75) is 45.4 Å². The molecule has 0 saturated carbocycles. The Morgan fingerprint density at radius 2 is 1.80 bits per heavy atom. The first-order valence-electron chi connectivity index (χ1n) is 7.41. The van der Waals surface area contributed by atoms with Crippen LogP contribution in [0.3, 0.4) is 0 Å². The van der Waals surface area contributed by atoms with Gasteiger partial charge in [-0.25, -0.2) is 0 Å². The average Bonchev–Trinajstić information content (AvgIpc) is 2.53. The molecule has 0 radical (unpaired) electrons. The van der Waals surface area contributed by atoms with E-state index in [2.05, 4.69) is 5.32 Å². The molecule has 1 aliphatic rings. The van der Waals surface area contributed by atoms with Gasteiger partial charge in [0.25, 0.3) is 0 Å². The highest BCUT2D eigenvalue weighted by Gasteiger charge is 2.21. The number of hydrogen-bond acceptors (Lipinski definition) is 3. The van der Waals surface area contributed by atoms with Crippen LogP contribution in [0.4, 0.5) is 0 Å². The summed E-state index contributed by atoms with van der Waals surface area (Å²) in [5.41, 5.74) is 2.03. The van der Waals surface area contributed by atoms with Crippen molar-refractivity contribution < 1.29 is 9.90 Å². The maximum absolute atomic E-state index is 12.3. The number of piperidine rings is 1. The van der Waals surface area contributed by atoms with Crippen LogP contribution in [0, 0.1) is 0 Å². The van der Waals surface area contributed by atoms with Crippen molar-refractivity contribution in [2.75, 3.05) is 13.1 Å². The Labute approximate surface area is 120 Å². The van der Waals surface area contributed by atoms with Gasteiger partial charge in [0.1, 0.15) is 0 Å². The lowest BCUT2D eigenvalue weighted by Gasteiger charge is -2.29. The molecule has 20 heavy (non-hydrogen) atoms. The molecular formula is C16H24N2O2. The highest BCUT2D eigenvalue weighted by atomic mass is 16.3. The number of likely N-dealkylation sites (tertiary alicyclic amines) is 1. The van der Waals surface area contributed by atoms with E-state index in [1.54, 1.807) is 0 Å². The zero-order valence-electron chi connectivity index (χ0n) is 12.1. The second kappa shape index (κ2) is 7.41. The molecule has 110 valence electrons. The van der Waals surface area contributed by atoms with Gasteiger partial charge in [-0.1, -0.05) is 24.3 Å². The Morgan fingerprint density at radius 3 is 2.40 bits per heavy atom. The fourth-order valence-corrected chi connectivity index (χ4v) is 2.51. The maximum atomic E-state index is 12.3. The molecule has 1 heterocycles. The van der Waals surface area contributed by atoms with Gasteiger partial charge in [-0.3, -0.25) is 4.79 Å². The number of nitrogens with zero attached hydrogens (tertiary/aromatic N) is 1. The van der Waals surface area contributed by atoms with Crippen LogP contribution in [0.25, 0.3) is 0 Å². The van der Waals surface area contributed by atoms with Gasteiger partial charge in [-0.15, -0.1) is 0 Å². The van der Waals surface area contributed by atoms with Crippen LogP contribution >= 0.6 is 0 Å². The molecule has 1 unspecified atom stereocenters. The highest BCUT2D eigenvalue weighted by molar-refractivity contribution is 5.81. The minimum Gasteiger partial charge on any atom is -0.392 e. The molecule has 0 bridgehead atoms. The molecule has 1 aromatic carbocycles. The fraction of sp³-hybridized carbons (Fsp3) is 0.562. The van der Waals surface area contributed by atoms with Crippen molar-refractivity contribution in [3.8, 4) is 0 Å². The summed E-state index contributed by atoms with van der Waals surface area (Å²) in [6, 6.07) is 7.64. The number of nitrogens with one attached hydrogen (secondary N) is 1. The van der Waals surface area contributed by atoms with E-state index < -0.39 is 0 Å². The third-order valence-electron chi connectivity index (χ3n) is 3.86. The molecule has 1 fully saturated rings. The average molecular weight is 276 g/mol. The Morgan fingerprint density at radius 1 is 1.20 bits per heavy atom. The summed E-state index contributed by atoms with van der Waals surface area (Å²) in [5.74, 6) is 0.205. The molecule has 4 heteroatoms. The molecule has 0 spiro atoms. The van der Waals surface area contributed by atoms with Crippen LogP contribution in [-0.4, -0.2) is 35.0 Å². The summed E-state index contributed by atoms with van der Waals surface area (Å²) in [5, 5.41) is 12.3. The third-order valence-corrected chi connectivity index (χ3v) is 3.86. The maximum Gasteiger partial charge on any atom is 0.239 e. The van der Waals surface area contributed by atoms with Gasteiger partial charge < -0.3 is 15.3 Å². The van der Waals surface area contributed by atoms with Gasteiger partial charge in [0, 0.05) is 19.6 Å². The van der Waals surface area contributed by atoms with E-state index in [0.717, 1.165) is 37.1 Å². The van der Waals surface area contributed by atoms with E-state index in [9.17, 15) is 4.79 Å². The summed E-state index contributed by atoms with van der Waals surface area (Å²) >= 11 is 0. The van der Waals surface area contributed by atoms with Crippen molar-refractivity contribution in [2.24, 2.45) is 0 Å². The van der Waals surface area contributed by atoms with Gasteiger partial charge in [-0.2, -0.15) is 0 Å². The minimum absolute atomic E-state index is 0.0670. The SMILES string of the molecule is CC(NCc1ccc(CO)cc1)C(=O)N1CCCCC1. The zero-order chi connectivity index (χ0) is 14.4. The summed E-state index contributed by atoms with van der Waals surface area (Å²) < 4.78 is 0. The first-order chi connectivity index (χ1) is 9.70. The molecule has 1 amide bonds. The van der Waals surface area contributed by atoms with Crippen LogP contribution in [-0.2, 0) is 17.9 Å². The third kappa shape index (κ3) is 4.05. The monoisotopic (exact) mass is 276 g/mol. The summed E-state index contributed by atoms with van der Waals surface area (Å²) in [7, 11) is 0. The highest BCUT2D eigenvalue weighted by Crippen LogP contribution is 2.10. The van der Waals surface area contributed by atoms with Gasteiger partial charge in [0.05, 0.1) is 12.6 Å². The van der Waals surface area contributed by atoms with E-state index in [0.29, 0.717) is 6.54 Å². The molecule has 2 rings (SSSR count). The molecular weight excluding hydrogens is 252 g/mol. The van der Waals surface area contributed by atoms with Crippen molar-refractivity contribution in [1.29, 1.82) is 0 Å². The van der Waals surface area contributed by atoms with Gasteiger partial charge in [0.2, 0.25) is 5.91 Å². The molecule has 2 N–H and O–H groups in total. The first-order valence-corrected chi connectivity index (χ1v) is 7.41. The Kier molecular flexibility index (Phi) is 5.56. The van der Waals surface area contributed by atoms with Crippen LogP contribution < -0.4 is 5.32 Å². The first kappa shape index (κ1) is 15.0. The lowest BCUT2D eigenvalue weighted by atomic mass is 10.1. The van der Waals surface area contributed by atoms with Gasteiger partial charge in [0.15, 0.2) is 0 Å². The molecule has 0 aliphatic carbocycles. The van der Waals surface area contributed by atoms with Crippen molar-refractivity contribution in [1.82, 2.24) is 10.2 Å². The number of rotatable bonds is 5. The van der Waals surface area contributed by atoms with E-state index in [4.69, 9.17) is 5.11 Å². The molecule has 1 aliphatic heterocycles. The van der Waals surface area contributed by atoms with E-state index >= 15 is 0 Å². The number of amides is 1. The smallest absolute Gasteiger partial charge is 0.239 e. The Bertz CT molecular complexity index is 425. The number of aliphatic hydroxyl groups is 1. The predicted molar refractivity (Wildman–Crippen MR) is 79.1 cm³/mol. The summed E-state index contributed by atoms with van der Waals surface area (Å²) in [6.45, 7) is 4.47. The van der Waals surface area contributed by atoms with E-state index in [1.807, 2.05) is 36.1 Å². The van der Waals surface area contributed by atoms with Crippen LogP contribution in [0.1, 0.15) is 37.3 Å². The number of carbonyl (C=O) groups excluding carboxylic acids is 1. The Hall–Kier alpha value is -1.39. The number of hydrogen-bond donors (Lipinski definition) is 2. The predicted octanol–water partition coefficient (Wildman–Crippen LogP) is 1.67. The largest absolute Gasteiger partial charge is 0.392 e. The standard InChI is InChI=1S/C16H24N2O2/c1-13(16(20)18-9-3-2-4-10-18)17-11-14-5-7-15(12-19)8-6-14/h5-8,13,17,19H,2-4,9-12H2,1H3. The molecule has 1 aromatic rings. The van der Waals surface area contributed by atoms with Crippen molar-refractivity contribution in [3.63, 3.8) is 0 Å². The zero-order valence-corrected chi connectivity index (χ0v) is 12.1. The second-order valence-electron chi connectivity index (χ2n) is 5.46. The molecule has 0 aromatic heterocycles. The normalized spacial score (nSPS) is 17.0. The number of carbonyl (C=O) groups is 1. The fourth-order valence-electron chi connectivity index (χ4n) is 2.51. The summed E-state index contributed by atoms with van der Waals surface area (Å²) in [4.78, 5) is 14.2. The number of benzene rings is 1. The minimum atomic E-state index is -0.148. The lowest BCUT2D eigenvalue weighted by molar-refractivity contribution is -0.133. The molecule has 4 nitrogen and oxygen atoms in total. The van der Waals surface area contributed by atoms with Crippen LogP contribution in [0.2, 0.25) is 0 Å². The number of aliphatic hydroxyl groups excluding tert-OH is 1. The topological polar surface area (TPSA) is 52.6 Å².